The monoisotopic (exact) mass is 248 g/mol. The van der Waals surface area contributed by atoms with E-state index in [4.69, 9.17) is 27.9 Å². The van der Waals surface area contributed by atoms with Gasteiger partial charge >= 0.3 is 0 Å². The Kier molecular flexibility index (Phi) is 3.68. The Morgan fingerprint density at radius 2 is 2.27 bits per heavy atom. The minimum Gasteiger partial charge on any atom is -0.467 e. The molecule has 1 radical (unpaired) electrons. The predicted molar refractivity (Wildman–Crippen MR) is 60.1 cm³/mol. The SMILES string of the molecule is [CH2]C=CC1=CN(C(=O)C(Cl)Cl)C(C)(C)O1. The number of carbonyl (C=O) groups is 1. The number of nitrogens with zero attached hydrogens (tertiary/aromatic N) is 1. The van der Waals surface area contributed by atoms with Gasteiger partial charge in [-0.25, -0.2) is 0 Å². The molecule has 15 heavy (non-hydrogen) atoms. The lowest BCUT2D eigenvalue weighted by Gasteiger charge is -2.29. The molecule has 0 saturated carbocycles. The Balaban J connectivity index is 2.91. The number of ether oxygens (including phenoxy) is 1. The maximum Gasteiger partial charge on any atom is 0.263 e. The number of rotatable bonds is 2. The molecule has 0 aliphatic carbocycles. The zero-order valence-electron chi connectivity index (χ0n) is 8.54. The molecule has 0 bridgehead atoms. The summed E-state index contributed by atoms with van der Waals surface area (Å²) in [6, 6.07) is 0. The topological polar surface area (TPSA) is 29.5 Å². The third kappa shape index (κ3) is 2.67. The number of hydrogen-bond donors (Lipinski definition) is 0. The molecule has 1 rings (SSSR count). The van der Waals surface area contributed by atoms with Gasteiger partial charge in [-0.3, -0.25) is 9.69 Å². The van der Waals surface area contributed by atoms with E-state index in [1.807, 2.05) is 0 Å². The molecule has 1 amide bonds. The van der Waals surface area contributed by atoms with Crippen LogP contribution in [-0.4, -0.2) is 21.4 Å². The summed E-state index contributed by atoms with van der Waals surface area (Å²) in [5.41, 5.74) is -0.770. The second-order valence-corrected chi connectivity index (χ2v) is 4.59. The van der Waals surface area contributed by atoms with Gasteiger partial charge in [-0.2, -0.15) is 0 Å². The smallest absolute Gasteiger partial charge is 0.263 e. The lowest BCUT2D eigenvalue weighted by Crippen LogP contribution is -2.44. The van der Waals surface area contributed by atoms with Crippen LogP contribution in [-0.2, 0) is 9.53 Å². The number of alkyl halides is 2. The summed E-state index contributed by atoms with van der Waals surface area (Å²) in [5, 5.41) is 0. The highest BCUT2D eigenvalue weighted by molar-refractivity contribution is 6.53. The zero-order valence-corrected chi connectivity index (χ0v) is 10.0. The van der Waals surface area contributed by atoms with Crippen molar-refractivity contribution < 1.29 is 9.53 Å². The first-order valence-electron chi connectivity index (χ1n) is 4.36. The molecule has 3 nitrogen and oxygen atoms in total. The van der Waals surface area contributed by atoms with Crippen LogP contribution < -0.4 is 0 Å². The molecule has 0 atom stereocenters. The Morgan fingerprint density at radius 1 is 1.67 bits per heavy atom. The number of carbonyl (C=O) groups excluding carboxylic acids is 1. The fraction of sp³-hybridized carbons (Fsp3) is 0.400. The van der Waals surface area contributed by atoms with Crippen LogP contribution in [0.1, 0.15) is 13.8 Å². The molecule has 0 spiro atoms. The normalized spacial score (nSPS) is 19.6. The van der Waals surface area contributed by atoms with Crippen LogP contribution >= 0.6 is 23.2 Å². The third-order valence-corrected chi connectivity index (χ3v) is 2.28. The Bertz CT molecular complexity index is 321. The molecular weight excluding hydrogens is 237 g/mol. The van der Waals surface area contributed by atoms with Gasteiger partial charge in [-0.05, 0) is 26.8 Å². The summed E-state index contributed by atoms with van der Waals surface area (Å²) in [5.74, 6) is 0.146. The molecule has 1 aliphatic rings. The first kappa shape index (κ1) is 12.4. The Hall–Kier alpha value is -0.670. The van der Waals surface area contributed by atoms with Crippen LogP contribution in [0.3, 0.4) is 0 Å². The first-order valence-corrected chi connectivity index (χ1v) is 5.23. The number of amides is 1. The molecule has 83 valence electrons. The van der Waals surface area contributed by atoms with Gasteiger partial charge in [0.25, 0.3) is 5.91 Å². The summed E-state index contributed by atoms with van der Waals surface area (Å²) < 4.78 is 5.50. The minimum atomic E-state index is -1.09. The van der Waals surface area contributed by atoms with Gasteiger partial charge in [-0.15, -0.1) is 0 Å². The van der Waals surface area contributed by atoms with E-state index in [1.165, 1.54) is 4.90 Å². The van der Waals surface area contributed by atoms with Gasteiger partial charge in [-0.1, -0.05) is 29.3 Å². The molecule has 0 aromatic carbocycles. The Labute approximate surface area is 99.3 Å². The van der Waals surface area contributed by atoms with Crippen molar-refractivity contribution in [1.29, 1.82) is 0 Å². The van der Waals surface area contributed by atoms with E-state index in [9.17, 15) is 4.79 Å². The molecule has 5 heteroatoms. The van der Waals surface area contributed by atoms with E-state index in [0.29, 0.717) is 5.76 Å². The maximum absolute atomic E-state index is 11.6. The highest BCUT2D eigenvalue weighted by Gasteiger charge is 2.39. The van der Waals surface area contributed by atoms with Gasteiger partial charge in [0.15, 0.2) is 10.6 Å². The summed E-state index contributed by atoms with van der Waals surface area (Å²) in [4.78, 5) is 11.9. The maximum atomic E-state index is 11.6. The van der Waals surface area contributed by atoms with Crippen molar-refractivity contribution in [1.82, 2.24) is 4.90 Å². The van der Waals surface area contributed by atoms with Gasteiger partial charge in [0, 0.05) is 0 Å². The molecule has 0 N–H and O–H groups in total. The first-order chi connectivity index (χ1) is 6.88. The highest BCUT2D eigenvalue weighted by atomic mass is 35.5. The van der Waals surface area contributed by atoms with E-state index in [0.717, 1.165) is 0 Å². The molecule has 0 aromatic rings. The van der Waals surface area contributed by atoms with Crippen molar-refractivity contribution in [3.8, 4) is 0 Å². The van der Waals surface area contributed by atoms with Gasteiger partial charge in [0.05, 0.1) is 6.20 Å². The zero-order chi connectivity index (χ0) is 11.6. The van der Waals surface area contributed by atoms with Gasteiger partial charge in [0.2, 0.25) is 0 Å². The molecule has 0 saturated heterocycles. The van der Waals surface area contributed by atoms with Crippen molar-refractivity contribution >= 4 is 29.1 Å². The van der Waals surface area contributed by atoms with Crippen LogP contribution in [0, 0.1) is 6.92 Å². The highest BCUT2D eigenvalue weighted by Crippen LogP contribution is 2.30. The average molecular weight is 249 g/mol. The largest absolute Gasteiger partial charge is 0.467 e. The number of hydrogen-bond acceptors (Lipinski definition) is 2. The van der Waals surface area contributed by atoms with Gasteiger partial charge in [0.1, 0.15) is 5.76 Å². The lowest BCUT2D eigenvalue weighted by atomic mass is 10.3. The number of halogens is 2. The average Bonchev–Trinajstić information content (AvgIpc) is 2.40. The second-order valence-electron chi connectivity index (χ2n) is 3.49. The van der Waals surface area contributed by atoms with E-state index in [1.54, 1.807) is 32.2 Å². The standard InChI is InChI=1S/C10H12Cl2NO2/c1-4-5-7-6-13(9(14)8(11)12)10(2,3)15-7/h4-6,8H,1H2,2-3H3. The molecule has 0 aromatic heterocycles. The molecule has 0 unspecified atom stereocenters. The van der Waals surface area contributed by atoms with E-state index < -0.39 is 16.5 Å². The van der Waals surface area contributed by atoms with E-state index in [-0.39, 0.29) is 0 Å². The third-order valence-electron chi connectivity index (χ3n) is 1.91. The fourth-order valence-corrected chi connectivity index (χ4v) is 1.48. The van der Waals surface area contributed by atoms with Crippen molar-refractivity contribution in [3.63, 3.8) is 0 Å². The van der Waals surface area contributed by atoms with Crippen molar-refractivity contribution in [2.24, 2.45) is 0 Å². The van der Waals surface area contributed by atoms with Crippen molar-refractivity contribution in [3.05, 3.63) is 31.0 Å². The van der Waals surface area contributed by atoms with Gasteiger partial charge < -0.3 is 4.74 Å². The minimum absolute atomic E-state index is 0.407. The summed E-state index contributed by atoms with van der Waals surface area (Å²) in [7, 11) is 0. The number of allylic oxidation sites excluding steroid dienone is 2. The molecular formula is C10H12Cl2NO2. The van der Waals surface area contributed by atoms with Crippen LogP contribution in [0.25, 0.3) is 0 Å². The quantitative estimate of drug-likeness (QED) is 0.704. The lowest BCUT2D eigenvalue weighted by molar-refractivity contribution is -0.140. The summed E-state index contributed by atoms with van der Waals surface area (Å²) in [6.07, 6.45) is 4.79. The molecule has 1 aliphatic heterocycles. The molecule has 0 fully saturated rings. The van der Waals surface area contributed by atoms with Crippen LogP contribution in [0.2, 0.25) is 0 Å². The second kappa shape index (κ2) is 4.45. The summed E-state index contributed by atoms with van der Waals surface area (Å²) >= 11 is 11.0. The van der Waals surface area contributed by atoms with Crippen LogP contribution in [0.15, 0.2) is 24.1 Å². The van der Waals surface area contributed by atoms with E-state index >= 15 is 0 Å². The summed E-state index contributed by atoms with van der Waals surface area (Å²) in [6.45, 7) is 7.05. The van der Waals surface area contributed by atoms with Crippen molar-refractivity contribution in [2.45, 2.75) is 24.4 Å². The predicted octanol–water partition coefficient (Wildman–Crippen LogP) is 2.62. The van der Waals surface area contributed by atoms with Crippen LogP contribution in [0.5, 0.6) is 0 Å². The van der Waals surface area contributed by atoms with E-state index in [2.05, 4.69) is 6.92 Å². The van der Waals surface area contributed by atoms with Crippen molar-refractivity contribution in [2.75, 3.05) is 0 Å². The molecule has 1 heterocycles. The Morgan fingerprint density at radius 3 is 2.73 bits per heavy atom. The fourth-order valence-electron chi connectivity index (χ4n) is 1.27. The van der Waals surface area contributed by atoms with Crippen LogP contribution in [0.4, 0.5) is 0 Å².